The molecular formula is C26H30N8O2. The summed E-state index contributed by atoms with van der Waals surface area (Å²) in [6.45, 7) is 4.73. The minimum atomic E-state index is -0.672. The Morgan fingerprint density at radius 3 is 2.81 bits per heavy atom. The number of aromatic amines is 1. The fraction of sp³-hybridized carbons (Fsp3) is 0.423. The number of nitrogens with zero attached hydrogens (tertiary/aromatic N) is 6. The predicted molar refractivity (Wildman–Crippen MR) is 136 cm³/mol. The van der Waals surface area contributed by atoms with Crippen LogP contribution in [-0.4, -0.2) is 73.3 Å². The Hall–Kier alpha value is -3.79. The third kappa shape index (κ3) is 4.11. The van der Waals surface area contributed by atoms with Crippen LogP contribution in [0.2, 0.25) is 0 Å². The highest BCUT2D eigenvalue weighted by Gasteiger charge is 2.35. The van der Waals surface area contributed by atoms with Crippen molar-refractivity contribution >= 4 is 39.3 Å². The molecule has 0 spiro atoms. The SMILES string of the molecule is C[C@H]1CC[C@H](c2ccc3cn([C@@H]4CCN(C)C4)nc3c2)N(C(=O)C(=O)Nc2cncc3cn[nH]c23)C1. The van der Waals surface area contributed by atoms with Gasteiger partial charge in [0.1, 0.15) is 0 Å². The Morgan fingerprint density at radius 2 is 1.97 bits per heavy atom. The largest absolute Gasteiger partial charge is 0.327 e. The van der Waals surface area contributed by atoms with Crippen molar-refractivity contribution in [2.24, 2.45) is 5.92 Å². The zero-order valence-electron chi connectivity index (χ0n) is 20.5. The molecule has 0 aliphatic carbocycles. The first-order valence-corrected chi connectivity index (χ1v) is 12.5. The Balaban J connectivity index is 1.25. The van der Waals surface area contributed by atoms with E-state index < -0.39 is 11.8 Å². The number of H-pyrrole nitrogens is 1. The fourth-order valence-corrected chi connectivity index (χ4v) is 5.56. The van der Waals surface area contributed by atoms with E-state index in [4.69, 9.17) is 5.10 Å². The van der Waals surface area contributed by atoms with E-state index in [0.717, 1.165) is 54.2 Å². The van der Waals surface area contributed by atoms with Gasteiger partial charge < -0.3 is 15.1 Å². The molecule has 0 bridgehead atoms. The Kier molecular flexibility index (Phi) is 5.67. The van der Waals surface area contributed by atoms with E-state index in [0.29, 0.717) is 29.7 Å². The smallest absolute Gasteiger partial charge is 0.314 e. The molecule has 3 atom stereocenters. The van der Waals surface area contributed by atoms with Gasteiger partial charge in [-0.25, -0.2) is 0 Å². The summed E-state index contributed by atoms with van der Waals surface area (Å²) < 4.78 is 2.08. The van der Waals surface area contributed by atoms with Crippen LogP contribution in [0.3, 0.4) is 0 Å². The van der Waals surface area contributed by atoms with Gasteiger partial charge in [-0.1, -0.05) is 19.1 Å². The Bertz CT molecular complexity index is 1440. The molecule has 2 N–H and O–H groups in total. The van der Waals surface area contributed by atoms with Gasteiger partial charge >= 0.3 is 11.8 Å². The number of carbonyl (C=O) groups is 2. The standard InChI is InChI=1S/C26H30N8O2/c1-16-3-6-23(17-4-5-18-14-34(31-21(18)9-17)20-7-8-32(2)15-20)33(13-16)26(36)25(35)29-22-12-27-10-19-11-28-30-24(19)22/h4-5,9-12,14,16,20,23H,3,6-8,13,15H2,1-2H3,(H,28,30)(H,29,35)/t16-,20+,23+/m0/s1. The first-order chi connectivity index (χ1) is 17.5. The average Bonchev–Trinajstić information content (AvgIpc) is 3.62. The maximum absolute atomic E-state index is 13.4. The van der Waals surface area contributed by atoms with Crippen LogP contribution in [0.25, 0.3) is 21.8 Å². The van der Waals surface area contributed by atoms with Crippen LogP contribution < -0.4 is 5.32 Å². The quantitative estimate of drug-likeness (QED) is 0.431. The van der Waals surface area contributed by atoms with Gasteiger partial charge in [0.05, 0.1) is 41.2 Å². The molecule has 2 amide bonds. The summed E-state index contributed by atoms with van der Waals surface area (Å²) in [6, 6.07) is 6.45. The first kappa shape index (κ1) is 22.7. The van der Waals surface area contributed by atoms with Crippen molar-refractivity contribution in [2.45, 2.75) is 38.3 Å². The van der Waals surface area contributed by atoms with Gasteiger partial charge in [-0.05, 0) is 50.4 Å². The van der Waals surface area contributed by atoms with Gasteiger partial charge in [0.15, 0.2) is 0 Å². The lowest BCUT2D eigenvalue weighted by atomic mass is 9.89. The summed E-state index contributed by atoms with van der Waals surface area (Å²) >= 11 is 0. The Labute approximate surface area is 208 Å². The topological polar surface area (TPSA) is 112 Å². The summed E-state index contributed by atoms with van der Waals surface area (Å²) in [5.41, 5.74) is 3.02. The van der Waals surface area contributed by atoms with Crippen LogP contribution in [0.1, 0.15) is 43.8 Å². The minimum absolute atomic E-state index is 0.173. The first-order valence-electron chi connectivity index (χ1n) is 12.5. The van der Waals surface area contributed by atoms with E-state index in [1.807, 2.05) is 0 Å². The maximum Gasteiger partial charge on any atom is 0.314 e. The molecule has 1 aromatic carbocycles. The van der Waals surface area contributed by atoms with Crippen molar-refractivity contribution in [3.05, 3.63) is 48.5 Å². The highest BCUT2D eigenvalue weighted by Crippen LogP contribution is 2.35. The van der Waals surface area contributed by atoms with Crippen LogP contribution in [0.5, 0.6) is 0 Å². The normalized spacial score (nSPS) is 22.9. The number of likely N-dealkylation sites (tertiary alicyclic amines) is 2. The zero-order valence-corrected chi connectivity index (χ0v) is 20.5. The van der Waals surface area contributed by atoms with Gasteiger partial charge in [-0.3, -0.25) is 24.4 Å². The number of hydrogen-bond acceptors (Lipinski definition) is 6. The average molecular weight is 487 g/mol. The van der Waals surface area contributed by atoms with E-state index in [2.05, 4.69) is 68.4 Å². The van der Waals surface area contributed by atoms with Gasteiger partial charge in [0.25, 0.3) is 0 Å². The second-order valence-corrected chi connectivity index (χ2v) is 10.3. The number of rotatable bonds is 3. The monoisotopic (exact) mass is 486 g/mol. The number of hydrogen-bond donors (Lipinski definition) is 2. The highest BCUT2D eigenvalue weighted by molar-refractivity contribution is 6.40. The number of aromatic nitrogens is 5. The third-order valence-electron chi connectivity index (χ3n) is 7.55. The summed E-state index contributed by atoms with van der Waals surface area (Å²) in [4.78, 5) is 34.7. The number of benzene rings is 1. The number of nitrogens with one attached hydrogen (secondary N) is 2. The van der Waals surface area contributed by atoms with E-state index in [1.54, 1.807) is 17.3 Å². The molecule has 5 heterocycles. The molecule has 36 heavy (non-hydrogen) atoms. The lowest BCUT2D eigenvalue weighted by Crippen LogP contribution is -2.46. The predicted octanol–water partition coefficient (Wildman–Crippen LogP) is 3.12. The maximum atomic E-state index is 13.4. The molecule has 3 aromatic heterocycles. The number of fused-ring (bicyclic) bond motifs is 2. The lowest BCUT2D eigenvalue weighted by Gasteiger charge is -2.38. The number of carbonyl (C=O) groups excluding carboxylic acids is 2. The fourth-order valence-electron chi connectivity index (χ4n) is 5.56. The van der Waals surface area contributed by atoms with E-state index in [9.17, 15) is 9.59 Å². The second kappa shape index (κ2) is 9.02. The van der Waals surface area contributed by atoms with Crippen molar-refractivity contribution in [1.82, 2.24) is 34.8 Å². The van der Waals surface area contributed by atoms with Gasteiger partial charge in [-0.15, -0.1) is 0 Å². The second-order valence-electron chi connectivity index (χ2n) is 10.3. The number of pyridine rings is 1. The molecule has 2 aliphatic heterocycles. The summed E-state index contributed by atoms with van der Waals surface area (Å²) in [5.74, 6) is -0.894. The molecule has 0 radical (unpaired) electrons. The van der Waals surface area contributed by atoms with E-state index >= 15 is 0 Å². The minimum Gasteiger partial charge on any atom is -0.327 e. The summed E-state index contributed by atoms with van der Waals surface area (Å²) in [5, 5.41) is 16.3. The number of likely N-dealkylation sites (N-methyl/N-ethyl adjacent to an activating group) is 1. The molecule has 0 unspecified atom stereocenters. The molecule has 4 aromatic rings. The van der Waals surface area contributed by atoms with Crippen LogP contribution >= 0.6 is 0 Å². The van der Waals surface area contributed by atoms with Crippen LogP contribution in [0, 0.1) is 5.92 Å². The Morgan fingerprint density at radius 1 is 1.08 bits per heavy atom. The van der Waals surface area contributed by atoms with Crippen molar-refractivity contribution in [3.8, 4) is 0 Å². The molecule has 10 nitrogen and oxygen atoms in total. The van der Waals surface area contributed by atoms with Crippen LogP contribution in [-0.2, 0) is 9.59 Å². The molecule has 2 saturated heterocycles. The molecule has 0 saturated carbocycles. The van der Waals surface area contributed by atoms with Gasteiger partial charge in [0.2, 0.25) is 0 Å². The van der Waals surface area contributed by atoms with Gasteiger partial charge in [-0.2, -0.15) is 10.2 Å². The van der Waals surface area contributed by atoms with E-state index in [1.165, 1.54) is 6.20 Å². The summed E-state index contributed by atoms with van der Waals surface area (Å²) in [6.07, 6.45) is 9.81. The molecule has 6 rings (SSSR count). The third-order valence-corrected chi connectivity index (χ3v) is 7.55. The molecular weight excluding hydrogens is 456 g/mol. The van der Waals surface area contributed by atoms with Crippen molar-refractivity contribution in [1.29, 1.82) is 0 Å². The van der Waals surface area contributed by atoms with E-state index in [-0.39, 0.29) is 6.04 Å². The van der Waals surface area contributed by atoms with Crippen molar-refractivity contribution in [3.63, 3.8) is 0 Å². The number of amides is 2. The van der Waals surface area contributed by atoms with Crippen LogP contribution in [0.15, 0.2) is 43.0 Å². The number of anilines is 1. The van der Waals surface area contributed by atoms with Crippen molar-refractivity contribution in [2.75, 3.05) is 32.0 Å². The molecule has 2 fully saturated rings. The van der Waals surface area contributed by atoms with Crippen molar-refractivity contribution < 1.29 is 9.59 Å². The zero-order chi connectivity index (χ0) is 24.8. The summed E-state index contributed by atoms with van der Waals surface area (Å²) in [7, 11) is 2.14. The molecule has 10 heteroatoms. The van der Waals surface area contributed by atoms with Crippen LogP contribution in [0.4, 0.5) is 5.69 Å². The highest BCUT2D eigenvalue weighted by atomic mass is 16.2. The lowest BCUT2D eigenvalue weighted by molar-refractivity contribution is -0.146. The number of piperidine rings is 1. The molecule has 2 aliphatic rings. The molecule has 186 valence electrons. The van der Waals surface area contributed by atoms with Gasteiger partial charge in [0, 0.05) is 36.3 Å².